The van der Waals surface area contributed by atoms with Gasteiger partial charge in [-0.15, -0.1) is 0 Å². The maximum atomic E-state index is 12.5. The van der Waals surface area contributed by atoms with Crippen LogP contribution in [0.15, 0.2) is 10.7 Å². The molecule has 0 saturated heterocycles. The van der Waals surface area contributed by atoms with Crippen molar-refractivity contribution in [1.82, 2.24) is 4.98 Å². The van der Waals surface area contributed by atoms with E-state index in [2.05, 4.69) is 20.9 Å². The molecule has 0 saturated carbocycles. The standard InChI is InChI=1S/C8H8BrF2NO/c1-4-3-12-8(13-2)5(6(4)9)7(10)11/h3,7H,1-2H3. The lowest BCUT2D eigenvalue weighted by Crippen LogP contribution is -1.98. The van der Waals surface area contributed by atoms with Crippen molar-refractivity contribution >= 4 is 15.9 Å². The zero-order valence-electron chi connectivity index (χ0n) is 7.14. The lowest BCUT2D eigenvalue weighted by atomic mass is 10.2. The highest BCUT2D eigenvalue weighted by atomic mass is 79.9. The molecule has 0 aliphatic heterocycles. The molecule has 1 heterocycles. The lowest BCUT2D eigenvalue weighted by Gasteiger charge is -2.09. The summed E-state index contributed by atoms with van der Waals surface area (Å²) in [5.74, 6) is -0.0347. The largest absolute Gasteiger partial charge is 0.481 e. The van der Waals surface area contributed by atoms with E-state index in [0.29, 0.717) is 10.0 Å². The lowest BCUT2D eigenvalue weighted by molar-refractivity contribution is 0.145. The van der Waals surface area contributed by atoms with Crippen LogP contribution in [0.25, 0.3) is 0 Å². The molecular weight excluding hydrogens is 244 g/mol. The van der Waals surface area contributed by atoms with E-state index in [9.17, 15) is 8.78 Å². The molecule has 0 atom stereocenters. The molecule has 13 heavy (non-hydrogen) atoms. The van der Waals surface area contributed by atoms with Crippen molar-refractivity contribution in [2.24, 2.45) is 0 Å². The first-order chi connectivity index (χ1) is 6.07. The zero-order valence-corrected chi connectivity index (χ0v) is 8.73. The first-order valence-corrected chi connectivity index (χ1v) is 4.34. The minimum Gasteiger partial charge on any atom is -0.481 e. The van der Waals surface area contributed by atoms with Crippen molar-refractivity contribution < 1.29 is 13.5 Å². The highest BCUT2D eigenvalue weighted by Crippen LogP contribution is 2.35. The van der Waals surface area contributed by atoms with Gasteiger partial charge >= 0.3 is 0 Å². The number of halogens is 3. The molecule has 1 aromatic heterocycles. The smallest absolute Gasteiger partial charge is 0.270 e. The van der Waals surface area contributed by atoms with Gasteiger partial charge in [-0.05, 0) is 28.4 Å². The Labute approximate surface area is 83.1 Å². The number of aromatic nitrogens is 1. The summed E-state index contributed by atoms with van der Waals surface area (Å²) in [5, 5.41) is 0. The summed E-state index contributed by atoms with van der Waals surface area (Å²) in [6.07, 6.45) is -1.11. The second kappa shape index (κ2) is 4.00. The Kier molecular flexibility index (Phi) is 3.19. The van der Waals surface area contributed by atoms with Crippen LogP contribution in [-0.2, 0) is 0 Å². The van der Waals surface area contributed by atoms with Crippen molar-refractivity contribution in [2.75, 3.05) is 7.11 Å². The SMILES string of the molecule is COc1ncc(C)c(Br)c1C(F)F. The van der Waals surface area contributed by atoms with Crippen molar-refractivity contribution in [2.45, 2.75) is 13.3 Å². The van der Waals surface area contributed by atoms with Crippen molar-refractivity contribution in [3.63, 3.8) is 0 Å². The molecule has 0 fully saturated rings. The number of nitrogens with zero attached hydrogens (tertiary/aromatic N) is 1. The van der Waals surface area contributed by atoms with Crippen molar-refractivity contribution in [1.29, 1.82) is 0 Å². The van der Waals surface area contributed by atoms with Crippen LogP contribution in [0.3, 0.4) is 0 Å². The van der Waals surface area contributed by atoms with Crippen LogP contribution in [0.4, 0.5) is 8.78 Å². The fraction of sp³-hybridized carbons (Fsp3) is 0.375. The number of alkyl halides is 2. The van der Waals surface area contributed by atoms with E-state index < -0.39 is 6.43 Å². The quantitative estimate of drug-likeness (QED) is 0.806. The van der Waals surface area contributed by atoms with Crippen LogP contribution in [-0.4, -0.2) is 12.1 Å². The zero-order chi connectivity index (χ0) is 10.0. The van der Waals surface area contributed by atoms with E-state index in [1.54, 1.807) is 6.92 Å². The summed E-state index contributed by atoms with van der Waals surface area (Å²) in [6, 6.07) is 0. The third-order valence-corrected chi connectivity index (χ3v) is 2.65. The number of hydrogen-bond donors (Lipinski definition) is 0. The first kappa shape index (κ1) is 10.4. The Morgan fingerprint density at radius 1 is 1.54 bits per heavy atom. The van der Waals surface area contributed by atoms with Gasteiger partial charge in [-0.25, -0.2) is 13.8 Å². The molecule has 0 amide bonds. The fourth-order valence-corrected chi connectivity index (χ4v) is 1.38. The molecule has 2 nitrogen and oxygen atoms in total. The fourth-order valence-electron chi connectivity index (χ4n) is 0.940. The maximum Gasteiger partial charge on any atom is 0.270 e. The van der Waals surface area contributed by atoms with Crippen LogP contribution < -0.4 is 4.74 Å². The van der Waals surface area contributed by atoms with Crippen LogP contribution in [0.1, 0.15) is 17.6 Å². The predicted octanol–water partition coefficient (Wildman–Crippen LogP) is 3.10. The monoisotopic (exact) mass is 251 g/mol. The molecule has 1 aromatic rings. The Morgan fingerprint density at radius 3 is 2.62 bits per heavy atom. The molecule has 72 valence electrons. The van der Waals surface area contributed by atoms with Crippen molar-refractivity contribution in [3.8, 4) is 5.88 Å². The van der Waals surface area contributed by atoms with Crippen LogP contribution in [0, 0.1) is 6.92 Å². The molecule has 0 aliphatic carbocycles. The van der Waals surface area contributed by atoms with E-state index in [4.69, 9.17) is 4.74 Å². The van der Waals surface area contributed by atoms with Gasteiger partial charge in [0.2, 0.25) is 5.88 Å². The number of ether oxygens (including phenoxy) is 1. The molecule has 0 radical (unpaired) electrons. The van der Waals surface area contributed by atoms with Gasteiger partial charge < -0.3 is 4.74 Å². The van der Waals surface area contributed by atoms with Crippen LogP contribution in [0.2, 0.25) is 0 Å². The predicted molar refractivity (Wildman–Crippen MR) is 48.2 cm³/mol. The van der Waals surface area contributed by atoms with E-state index in [0.717, 1.165) is 0 Å². The summed E-state index contributed by atoms with van der Waals surface area (Å²) < 4.78 is 30.1. The number of aryl methyl sites for hydroxylation is 1. The molecule has 1 rings (SSSR count). The summed E-state index contributed by atoms with van der Waals surface area (Å²) in [6.45, 7) is 1.70. The van der Waals surface area contributed by atoms with Gasteiger partial charge in [-0.3, -0.25) is 0 Å². The Hall–Kier alpha value is -0.710. The highest BCUT2D eigenvalue weighted by molar-refractivity contribution is 9.10. The van der Waals surface area contributed by atoms with Gasteiger partial charge in [-0.1, -0.05) is 0 Å². The number of rotatable bonds is 2. The van der Waals surface area contributed by atoms with Crippen LogP contribution in [0.5, 0.6) is 5.88 Å². The molecular formula is C8H8BrF2NO. The van der Waals surface area contributed by atoms with Gasteiger partial charge in [0.05, 0.1) is 12.7 Å². The van der Waals surface area contributed by atoms with E-state index in [1.165, 1.54) is 13.3 Å². The molecule has 0 aliphatic rings. The van der Waals surface area contributed by atoms with Gasteiger partial charge in [-0.2, -0.15) is 0 Å². The molecule has 0 unspecified atom stereocenters. The molecule has 0 N–H and O–H groups in total. The Balaban J connectivity index is 3.32. The normalized spacial score (nSPS) is 10.6. The third-order valence-electron chi connectivity index (χ3n) is 1.60. The minimum atomic E-state index is -2.59. The molecule has 5 heteroatoms. The average Bonchev–Trinajstić information content (AvgIpc) is 2.08. The number of methoxy groups -OCH3 is 1. The molecule has 0 bridgehead atoms. The molecule has 0 aromatic carbocycles. The third kappa shape index (κ3) is 1.96. The van der Waals surface area contributed by atoms with Gasteiger partial charge in [0.1, 0.15) is 0 Å². The summed E-state index contributed by atoms with van der Waals surface area (Å²) in [7, 11) is 1.32. The maximum absolute atomic E-state index is 12.5. The average molecular weight is 252 g/mol. The van der Waals surface area contributed by atoms with Gasteiger partial charge in [0.15, 0.2) is 0 Å². The van der Waals surface area contributed by atoms with Crippen LogP contribution >= 0.6 is 15.9 Å². The minimum absolute atomic E-state index is 0.0347. The second-order valence-corrected chi connectivity index (χ2v) is 3.27. The van der Waals surface area contributed by atoms with E-state index in [-0.39, 0.29) is 11.4 Å². The van der Waals surface area contributed by atoms with E-state index in [1.807, 2.05) is 0 Å². The Bertz CT molecular complexity index is 317. The highest BCUT2D eigenvalue weighted by Gasteiger charge is 2.20. The summed E-state index contributed by atoms with van der Waals surface area (Å²) >= 11 is 3.07. The summed E-state index contributed by atoms with van der Waals surface area (Å²) in [5.41, 5.74) is 0.471. The number of hydrogen-bond acceptors (Lipinski definition) is 2. The van der Waals surface area contributed by atoms with E-state index >= 15 is 0 Å². The number of pyridine rings is 1. The Morgan fingerprint density at radius 2 is 2.15 bits per heavy atom. The van der Waals surface area contributed by atoms with Gasteiger partial charge in [0.25, 0.3) is 6.43 Å². The van der Waals surface area contributed by atoms with Gasteiger partial charge in [0, 0.05) is 10.7 Å². The second-order valence-electron chi connectivity index (χ2n) is 2.48. The topological polar surface area (TPSA) is 22.1 Å². The first-order valence-electron chi connectivity index (χ1n) is 3.55. The van der Waals surface area contributed by atoms with Crippen molar-refractivity contribution in [3.05, 3.63) is 21.8 Å². The summed E-state index contributed by atoms with van der Waals surface area (Å²) in [4.78, 5) is 3.75. The molecule has 0 spiro atoms.